The van der Waals surface area contributed by atoms with Crippen LogP contribution >= 0.6 is 11.6 Å². The summed E-state index contributed by atoms with van der Waals surface area (Å²) in [5.41, 5.74) is 0.744. The minimum atomic E-state index is -0.0542. The largest absolute Gasteiger partial charge is 0.294 e. The zero-order valence-corrected chi connectivity index (χ0v) is 11.1. The Labute approximate surface area is 108 Å². The smallest absolute Gasteiger partial charge is 0.179 e. The highest BCUT2D eigenvalue weighted by atomic mass is 35.5. The second-order valence-corrected chi connectivity index (χ2v) is 5.23. The van der Waals surface area contributed by atoms with Gasteiger partial charge in [0.2, 0.25) is 0 Å². The Morgan fingerprint density at radius 3 is 2.41 bits per heavy atom. The maximum Gasteiger partial charge on any atom is 0.179 e. The van der Waals surface area contributed by atoms with Crippen molar-refractivity contribution in [3.8, 4) is 0 Å². The summed E-state index contributed by atoms with van der Waals surface area (Å²) in [4.78, 5) is 14.5. The predicted molar refractivity (Wildman–Crippen MR) is 70.6 cm³/mol. The number of benzene rings is 1. The zero-order chi connectivity index (χ0) is 12.4. The lowest BCUT2D eigenvalue weighted by Crippen LogP contribution is -2.46. The van der Waals surface area contributed by atoms with E-state index in [2.05, 4.69) is 4.90 Å². The standard InChI is InChI=1S/C14H18ClNO/c1-10(16(2)13-4-3-5-13)14(17)11-6-8-12(15)9-7-11/h6-10,13H,3-5H2,1-2H3. The highest BCUT2D eigenvalue weighted by Crippen LogP contribution is 2.26. The molecule has 1 aromatic carbocycles. The summed E-state index contributed by atoms with van der Waals surface area (Å²) < 4.78 is 0. The fourth-order valence-corrected chi connectivity index (χ4v) is 2.28. The number of carbonyl (C=O) groups excluding carboxylic acids is 1. The molecule has 0 aromatic heterocycles. The van der Waals surface area contributed by atoms with Gasteiger partial charge in [-0.05, 0) is 51.1 Å². The number of ketones is 1. The van der Waals surface area contributed by atoms with Gasteiger partial charge in [-0.15, -0.1) is 0 Å². The normalized spacial score (nSPS) is 17.9. The van der Waals surface area contributed by atoms with Gasteiger partial charge in [0.15, 0.2) is 5.78 Å². The Bertz CT molecular complexity index is 397. The minimum Gasteiger partial charge on any atom is -0.294 e. The van der Waals surface area contributed by atoms with E-state index in [0.29, 0.717) is 11.1 Å². The van der Waals surface area contributed by atoms with E-state index in [0.717, 1.165) is 5.56 Å². The Kier molecular flexibility index (Phi) is 3.85. The zero-order valence-electron chi connectivity index (χ0n) is 10.3. The quantitative estimate of drug-likeness (QED) is 0.765. The predicted octanol–water partition coefficient (Wildman–Crippen LogP) is 3.40. The van der Waals surface area contributed by atoms with Gasteiger partial charge in [0.25, 0.3) is 0 Å². The first-order valence-electron chi connectivity index (χ1n) is 6.11. The highest BCUT2D eigenvalue weighted by molar-refractivity contribution is 6.30. The average molecular weight is 252 g/mol. The first kappa shape index (κ1) is 12.6. The maximum atomic E-state index is 12.3. The van der Waals surface area contributed by atoms with Crippen LogP contribution in [0.1, 0.15) is 36.5 Å². The van der Waals surface area contributed by atoms with E-state index < -0.39 is 0 Å². The molecule has 17 heavy (non-hydrogen) atoms. The molecule has 3 heteroatoms. The third-order valence-corrected chi connectivity index (χ3v) is 4.02. The Balaban J connectivity index is 2.05. The van der Waals surface area contributed by atoms with Crippen LogP contribution in [0.25, 0.3) is 0 Å². The van der Waals surface area contributed by atoms with E-state index >= 15 is 0 Å². The molecule has 2 nitrogen and oxygen atoms in total. The number of carbonyl (C=O) groups is 1. The summed E-state index contributed by atoms with van der Waals surface area (Å²) in [5.74, 6) is 0.177. The molecule has 92 valence electrons. The van der Waals surface area contributed by atoms with Crippen LogP contribution in [0.3, 0.4) is 0 Å². The molecule has 1 fully saturated rings. The van der Waals surface area contributed by atoms with Crippen molar-refractivity contribution in [3.05, 3.63) is 34.9 Å². The van der Waals surface area contributed by atoms with E-state index in [1.54, 1.807) is 24.3 Å². The molecule has 0 heterocycles. The number of nitrogens with zero attached hydrogens (tertiary/aromatic N) is 1. The van der Waals surface area contributed by atoms with Gasteiger partial charge in [0.1, 0.15) is 0 Å². The van der Waals surface area contributed by atoms with Crippen molar-refractivity contribution in [2.75, 3.05) is 7.05 Å². The third kappa shape index (κ3) is 2.70. The summed E-state index contributed by atoms with van der Waals surface area (Å²) >= 11 is 5.82. The van der Waals surface area contributed by atoms with Gasteiger partial charge in [-0.3, -0.25) is 9.69 Å². The van der Waals surface area contributed by atoms with Crippen molar-refractivity contribution in [3.63, 3.8) is 0 Å². The second kappa shape index (κ2) is 5.19. The van der Waals surface area contributed by atoms with Gasteiger partial charge in [0, 0.05) is 16.6 Å². The number of halogens is 1. The first-order valence-corrected chi connectivity index (χ1v) is 6.49. The lowest BCUT2D eigenvalue weighted by Gasteiger charge is -2.38. The topological polar surface area (TPSA) is 20.3 Å². The van der Waals surface area contributed by atoms with E-state index in [-0.39, 0.29) is 11.8 Å². The summed E-state index contributed by atoms with van der Waals surface area (Å²) in [5, 5.41) is 0.668. The lowest BCUT2D eigenvalue weighted by molar-refractivity contribution is 0.0723. The molecule has 0 N–H and O–H groups in total. The van der Waals surface area contributed by atoms with Crippen LogP contribution in [-0.4, -0.2) is 29.8 Å². The molecule has 1 saturated carbocycles. The second-order valence-electron chi connectivity index (χ2n) is 4.80. The van der Waals surface area contributed by atoms with Crippen LogP contribution < -0.4 is 0 Å². The van der Waals surface area contributed by atoms with Gasteiger partial charge < -0.3 is 0 Å². The van der Waals surface area contributed by atoms with Gasteiger partial charge in [-0.2, -0.15) is 0 Å². The van der Waals surface area contributed by atoms with Crippen molar-refractivity contribution in [1.82, 2.24) is 4.90 Å². The lowest BCUT2D eigenvalue weighted by atomic mass is 9.90. The Morgan fingerprint density at radius 1 is 1.35 bits per heavy atom. The fraction of sp³-hybridized carbons (Fsp3) is 0.500. The fourth-order valence-electron chi connectivity index (χ4n) is 2.15. The van der Waals surface area contributed by atoms with Crippen LogP contribution in [0.4, 0.5) is 0 Å². The summed E-state index contributed by atoms with van der Waals surface area (Å²) in [6, 6.07) is 7.67. The number of hydrogen-bond donors (Lipinski definition) is 0. The van der Waals surface area contributed by atoms with Crippen molar-refractivity contribution < 1.29 is 4.79 Å². The Hall–Kier alpha value is -0.860. The van der Waals surface area contributed by atoms with Crippen LogP contribution in [0.15, 0.2) is 24.3 Å². The SMILES string of the molecule is CC(C(=O)c1ccc(Cl)cc1)N(C)C1CCC1. The summed E-state index contributed by atoms with van der Waals surface area (Å²) in [6.07, 6.45) is 3.72. The van der Waals surface area contributed by atoms with Crippen molar-refractivity contribution in [1.29, 1.82) is 0 Å². The maximum absolute atomic E-state index is 12.3. The molecule has 0 aliphatic heterocycles. The van der Waals surface area contributed by atoms with Crippen molar-refractivity contribution in [2.24, 2.45) is 0 Å². The van der Waals surface area contributed by atoms with Crippen molar-refractivity contribution >= 4 is 17.4 Å². The number of rotatable bonds is 4. The molecule has 0 radical (unpaired) electrons. The molecule has 0 saturated heterocycles. The van der Waals surface area contributed by atoms with Crippen LogP contribution in [0.5, 0.6) is 0 Å². The highest BCUT2D eigenvalue weighted by Gasteiger charge is 2.29. The summed E-state index contributed by atoms with van der Waals surface area (Å²) in [7, 11) is 2.04. The number of likely N-dealkylation sites (N-methyl/N-ethyl adjacent to an activating group) is 1. The molecule has 1 aromatic rings. The summed E-state index contributed by atoms with van der Waals surface area (Å²) in [6.45, 7) is 1.98. The minimum absolute atomic E-state index is 0.0542. The van der Waals surface area contributed by atoms with Crippen molar-refractivity contribution in [2.45, 2.75) is 38.3 Å². The molecule has 1 atom stereocenters. The molecule has 1 aliphatic carbocycles. The van der Waals surface area contributed by atoms with Gasteiger partial charge in [-0.25, -0.2) is 0 Å². The van der Waals surface area contributed by atoms with E-state index in [4.69, 9.17) is 11.6 Å². The monoisotopic (exact) mass is 251 g/mol. The molecule has 2 rings (SSSR count). The van der Waals surface area contributed by atoms with Crippen LogP contribution in [0, 0.1) is 0 Å². The van der Waals surface area contributed by atoms with E-state index in [9.17, 15) is 4.79 Å². The number of Topliss-reactive ketones (excluding diaryl/α,β-unsaturated/α-hetero) is 1. The molecule has 0 amide bonds. The van der Waals surface area contributed by atoms with Gasteiger partial charge in [0.05, 0.1) is 6.04 Å². The Morgan fingerprint density at radius 2 is 1.94 bits per heavy atom. The van der Waals surface area contributed by atoms with E-state index in [1.807, 2.05) is 14.0 Å². The molecule has 0 spiro atoms. The molecular formula is C14H18ClNO. The number of hydrogen-bond acceptors (Lipinski definition) is 2. The molecule has 1 unspecified atom stereocenters. The molecule has 0 bridgehead atoms. The van der Waals surface area contributed by atoms with Gasteiger partial charge >= 0.3 is 0 Å². The van der Waals surface area contributed by atoms with Crippen LogP contribution in [-0.2, 0) is 0 Å². The third-order valence-electron chi connectivity index (χ3n) is 3.77. The van der Waals surface area contributed by atoms with Gasteiger partial charge in [-0.1, -0.05) is 18.0 Å². The van der Waals surface area contributed by atoms with Crippen LogP contribution in [0.2, 0.25) is 5.02 Å². The van der Waals surface area contributed by atoms with E-state index in [1.165, 1.54) is 19.3 Å². The molecule has 1 aliphatic rings. The average Bonchev–Trinajstić information content (AvgIpc) is 2.25. The first-order chi connectivity index (χ1) is 8.09. The molecular weight excluding hydrogens is 234 g/mol.